The van der Waals surface area contributed by atoms with Gasteiger partial charge in [-0.3, -0.25) is 0 Å². The van der Waals surface area contributed by atoms with Crippen LogP contribution in [0.3, 0.4) is 0 Å². The summed E-state index contributed by atoms with van der Waals surface area (Å²) in [6.07, 6.45) is 3.00. The quantitative estimate of drug-likeness (QED) is 0.786. The fourth-order valence-corrected chi connectivity index (χ4v) is 2.91. The Morgan fingerprint density at radius 2 is 1.79 bits per heavy atom. The average molecular weight is 329 g/mol. The Bertz CT molecular complexity index is 566. The van der Waals surface area contributed by atoms with Crippen LogP contribution in [-0.2, 0) is 11.2 Å². The summed E-state index contributed by atoms with van der Waals surface area (Å²) in [5.74, 6) is 0. The van der Waals surface area contributed by atoms with Gasteiger partial charge in [-0.25, -0.2) is 4.68 Å². The third kappa shape index (κ3) is 3.00. The van der Waals surface area contributed by atoms with Crippen molar-refractivity contribution in [1.29, 1.82) is 0 Å². The molecule has 0 aliphatic heterocycles. The maximum absolute atomic E-state index is 12.4. The van der Waals surface area contributed by atoms with Crippen LogP contribution in [0.25, 0.3) is 5.69 Å². The van der Waals surface area contributed by atoms with E-state index >= 15 is 0 Å². The predicted octanol–water partition coefficient (Wildman–Crippen LogP) is 3.81. The van der Waals surface area contributed by atoms with Crippen LogP contribution in [0.1, 0.15) is 0 Å². The van der Waals surface area contributed by atoms with E-state index in [0.29, 0.717) is 0 Å². The van der Waals surface area contributed by atoms with Crippen molar-refractivity contribution in [2.45, 2.75) is 10.4 Å². The maximum atomic E-state index is 12.4. The summed E-state index contributed by atoms with van der Waals surface area (Å²) in [7, 11) is 0. The maximum Gasteiger partial charge on any atom is 0.578 e. The Labute approximate surface area is 119 Å². The number of hydrogen-bond acceptors (Lipinski definition) is 2. The van der Waals surface area contributed by atoms with Crippen molar-refractivity contribution in [3.63, 3.8) is 0 Å². The molecule has 19 heavy (non-hydrogen) atoms. The number of aromatic nitrogens is 2. The molecular weight excluding hydrogens is 324 g/mol. The zero-order valence-corrected chi connectivity index (χ0v) is 11.3. The first-order valence-electron chi connectivity index (χ1n) is 4.78. The second-order valence-electron chi connectivity index (χ2n) is 3.40. The van der Waals surface area contributed by atoms with Crippen LogP contribution in [0.15, 0.2) is 35.5 Å². The van der Waals surface area contributed by atoms with E-state index in [1.807, 2.05) is 0 Å². The van der Waals surface area contributed by atoms with Crippen molar-refractivity contribution in [2.24, 2.45) is 0 Å². The molecule has 0 aliphatic carbocycles. The zero-order valence-electron chi connectivity index (χ0n) is 8.99. The van der Waals surface area contributed by atoms with Crippen molar-refractivity contribution in [3.8, 4) is 5.69 Å². The standard InChI is InChI=1S/C10H5Cl2F3N2OS/c11-7-4-6(19(18)10(13,14)15)5-8(12)9(7)17-3-1-2-16-17/h1-5H. The summed E-state index contributed by atoms with van der Waals surface area (Å²) in [6.45, 7) is 0. The molecule has 9 heteroatoms. The molecule has 0 amide bonds. The van der Waals surface area contributed by atoms with E-state index < -0.39 is 21.6 Å². The first-order chi connectivity index (χ1) is 8.80. The molecule has 1 aromatic heterocycles. The summed E-state index contributed by atoms with van der Waals surface area (Å²) < 4.78 is 49.6. The summed E-state index contributed by atoms with van der Waals surface area (Å²) in [5, 5.41) is 3.75. The topological polar surface area (TPSA) is 40.9 Å². The Balaban J connectivity index is 2.49. The van der Waals surface area contributed by atoms with Crippen molar-refractivity contribution < 1.29 is 17.7 Å². The summed E-state index contributed by atoms with van der Waals surface area (Å²) in [5.41, 5.74) is -4.63. The number of rotatable bonds is 2. The molecule has 0 aliphatic rings. The van der Waals surface area contributed by atoms with Crippen LogP contribution in [0.2, 0.25) is 10.0 Å². The molecule has 1 unspecified atom stereocenters. The normalized spacial score (nSPS) is 13.6. The van der Waals surface area contributed by atoms with Gasteiger partial charge in [0.25, 0.3) is 0 Å². The van der Waals surface area contributed by atoms with Crippen LogP contribution < -0.4 is 0 Å². The fraction of sp³-hybridized carbons (Fsp3) is 0.100. The highest BCUT2D eigenvalue weighted by Crippen LogP contribution is 2.36. The van der Waals surface area contributed by atoms with Gasteiger partial charge in [-0.05, 0) is 6.07 Å². The predicted molar refractivity (Wildman–Crippen MR) is 66.0 cm³/mol. The van der Waals surface area contributed by atoms with E-state index in [0.717, 1.165) is 12.1 Å². The summed E-state index contributed by atoms with van der Waals surface area (Å²) >= 11 is 8.57. The van der Waals surface area contributed by atoms with Gasteiger partial charge in [-0.2, -0.15) is 5.10 Å². The third-order valence-corrected chi connectivity index (χ3v) is 3.81. The molecule has 0 radical (unpaired) electrons. The Hall–Kier alpha value is -0.890. The summed E-state index contributed by atoms with van der Waals surface area (Å²) in [6, 6.07) is 3.54. The van der Waals surface area contributed by atoms with E-state index in [9.17, 15) is 17.7 Å². The van der Waals surface area contributed by atoms with Crippen LogP contribution in [-0.4, -0.2) is 19.8 Å². The smallest absolute Gasteiger partial charge is 0.578 e. The Morgan fingerprint density at radius 3 is 2.21 bits per heavy atom. The van der Waals surface area contributed by atoms with Gasteiger partial charge in [-0.15, -0.1) is 13.2 Å². The number of nitrogens with zero attached hydrogens (tertiary/aromatic N) is 2. The molecule has 2 aromatic rings. The minimum Gasteiger partial charge on any atom is -0.604 e. The van der Waals surface area contributed by atoms with E-state index in [2.05, 4.69) is 5.10 Å². The fourth-order valence-electron chi connectivity index (χ4n) is 1.40. The van der Waals surface area contributed by atoms with Gasteiger partial charge in [0.05, 0.1) is 21.2 Å². The van der Waals surface area contributed by atoms with Crippen LogP contribution in [0.4, 0.5) is 13.2 Å². The van der Waals surface area contributed by atoms with Gasteiger partial charge in [-0.1, -0.05) is 23.2 Å². The van der Waals surface area contributed by atoms with Crippen LogP contribution >= 0.6 is 23.2 Å². The molecule has 0 N–H and O–H groups in total. The first-order valence-corrected chi connectivity index (χ1v) is 6.69. The molecular formula is C10H5Cl2F3N2OS. The monoisotopic (exact) mass is 328 g/mol. The molecule has 102 valence electrons. The summed E-state index contributed by atoms with van der Waals surface area (Å²) in [4.78, 5) is -0.501. The van der Waals surface area contributed by atoms with E-state index in [-0.39, 0.29) is 15.7 Å². The molecule has 1 aromatic carbocycles. The SMILES string of the molecule is [O-][S+](c1cc(Cl)c(-n2cccn2)c(Cl)c1)C(F)(F)F. The molecule has 0 saturated heterocycles. The molecule has 2 rings (SSSR count). The average Bonchev–Trinajstić information content (AvgIpc) is 2.79. The number of alkyl halides is 3. The van der Waals surface area contributed by atoms with Crippen molar-refractivity contribution >= 4 is 34.4 Å². The van der Waals surface area contributed by atoms with Crippen molar-refractivity contribution in [1.82, 2.24) is 9.78 Å². The molecule has 0 saturated carbocycles. The van der Waals surface area contributed by atoms with Gasteiger partial charge in [0, 0.05) is 24.5 Å². The lowest BCUT2D eigenvalue weighted by Crippen LogP contribution is -2.23. The third-order valence-electron chi connectivity index (χ3n) is 2.15. The van der Waals surface area contributed by atoms with Crippen molar-refractivity contribution in [3.05, 3.63) is 40.6 Å². The minimum atomic E-state index is -4.86. The second-order valence-corrected chi connectivity index (χ2v) is 5.69. The van der Waals surface area contributed by atoms with Gasteiger partial charge < -0.3 is 4.55 Å². The van der Waals surface area contributed by atoms with E-state index in [4.69, 9.17) is 23.2 Å². The van der Waals surface area contributed by atoms with Crippen LogP contribution in [0, 0.1) is 0 Å². The number of halogens is 5. The van der Waals surface area contributed by atoms with Gasteiger partial charge in [0.15, 0.2) is 4.90 Å². The second kappa shape index (κ2) is 5.24. The van der Waals surface area contributed by atoms with Crippen LogP contribution in [0.5, 0.6) is 0 Å². The van der Waals surface area contributed by atoms with Gasteiger partial charge in [0.1, 0.15) is 5.69 Å². The highest BCUT2D eigenvalue weighted by Gasteiger charge is 2.46. The number of benzene rings is 1. The van der Waals surface area contributed by atoms with Gasteiger partial charge >= 0.3 is 5.51 Å². The molecule has 0 bridgehead atoms. The van der Waals surface area contributed by atoms with E-state index in [1.54, 1.807) is 6.07 Å². The lowest BCUT2D eigenvalue weighted by molar-refractivity contribution is -0.0435. The van der Waals surface area contributed by atoms with E-state index in [1.165, 1.54) is 17.1 Å². The molecule has 0 spiro atoms. The highest BCUT2D eigenvalue weighted by atomic mass is 35.5. The lowest BCUT2D eigenvalue weighted by Gasteiger charge is -2.14. The molecule has 3 nitrogen and oxygen atoms in total. The molecule has 1 heterocycles. The largest absolute Gasteiger partial charge is 0.604 e. The molecule has 1 atom stereocenters. The van der Waals surface area contributed by atoms with Crippen molar-refractivity contribution in [2.75, 3.05) is 0 Å². The number of hydrogen-bond donors (Lipinski definition) is 0. The first kappa shape index (κ1) is 14.5. The highest BCUT2D eigenvalue weighted by molar-refractivity contribution is 7.92. The lowest BCUT2D eigenvalue weighted by atomic mass is 10.3. The Kier molecular flexibility index (Phi) is 4.00. The molecule has 0 fully saturated rings. The zero-order chi connectivity index (χ0) is 14.2. The Morgan fingerprint density at radius 1 is 1.21 bits per heavy atom. The minimum absolute atomic E-state index is 0.0659. The van der Waals surface area contributed by atoms with Gasteiger partial charge in [0.2, 0.25) is 0 Å².